The lowest BCUT2D eigenvalue weighted by atomic mass is 10.1. The van der Waals surface area contributed by atoms with Crippen molar-refractivity contribution in [1.82, 2.24) is 14.9 Å². The summed E-state index contributed by atoms with van der Waals surface area (Å²) in [6.45, 7) is 2.45. The summed E-state index contributed by atoms with van der Waals surface area (Å²) in [6.07, 6.45) is 2.03. The number of carbonyl (C=O) groups is 1. The molecule has 1 aliphatic heterocycles. The van der Waals surface area contributed by atoms with Crippen LogP contribution in [0.1, 0.15) is 24.4 Å². The van der Waals surface area contributed by atoms with Crippen molar-refractivity contribution in [3.8, 4) is 11.5 Å². The summed E-state index contributed by atoms with van der Waals surface area (Å²) in [5.41, 5.74) is 2.87. The third kappa shape index (κ3) is 3.60. The fourth-order valence-corrected chi connectivity index (χ4v) is 3.72. The zero-order valence-electron chi connectivity index (χ0n) is 15.3. The molecule has 0 radical (unpaired) electrons. The van der Waals surface area contributed by atoms with E-state index in [1.54, 1.807) is 11.8 Å². The molecule has 27 heavy (non-hydrogen) atoms. The highest BCUT2D eigenvalue weighted by atomic mass is 32.2. The maximum atomic E-state index is 12.7. The second-order valence-corrected chi connectivity index (χ2v) is 7.30. The van der Waals surface area contributed by atoms with Crippen molar-refractivity contribution >= 4 is 28.7 Å². The molecule has 0 bridgehead atoms. The topological polar surface area (TPSA) is 65.4 Å². The highest BCUT2D eigenvalue weighted by Gasteiger charge is 2.18. The largest absolute Gasteiger partial charge is 0.454 e. The Morgan fingerprint density at radius 2 is 2.07 bits per heavy atom. The molecule has 4 rings (SSSR count). The van der Waals surface area contributed by atoms with E-state index in [2.05, 4.69) is 10.3 Å². The Bertz CT molecular complexity index is 986. The quantitative estimate of drug-likeness (QED) is 0.706. The number of amides is 1. The molecule has 0 saturated heterocycles. The molecule has 1 aromatic heterocycles. The van der Waals surface area contributed by atoms with E-state index in [1.165, 1.54) is 0 Å². The average Bonchev–Trinajstić information content (AvgIpc) is 3.26. The molecule has 3 aromatic rings. The van der Waals surface area contributed by atoms with Gasteiger partial charge in [-0.1, -0.05) is 18.2 Å². The molecule has 7 heteroatoms. The number of ether oxygens (including phenoxy) is 2. The van der Waals surface area contributed by atoms with Gasteiger partial charge in [-0.3, -0.25) is 4.79 Å². The second kappa shape index (κ2) is 7.52. The van der Waals surface area contributed by atoms with Gasteiger partial charge in [0.2, 0.25) is 12.7 Å². The van der Waals surface area contributed by atoms with Crippen molar-refractivity contribution in [2.75, 3.05) is 13.0 Å². The van der Waals surface area contributed by atoms with Gasteiger partial charge in [0.05, 0.1) is 22.8 Å². The van der Waals surface area contributed by atoms with Crippen molar-refractivity contribution < 1.29 is 14.3 Å². The van der Waals surface area contributed by atoms with Crippen LogP contribution in [0.2, 0.25) is 0 Å². The van der Waals surface area contributed by atoms with Gasteiger partial charge in [-0.25, -0.2) is 4.98 Å². The summed E-state index contributed by atoms with van der Waals surface area (Å²) in [4.78, 5) is 17.4. The summed E-state index contributed by atoms with van der Waals surface area (Å²) in [5, 5.41) is 3.07. The first kappa shape index (κ1) is 17.7. The van der Waals surface area contributed by atoms with Gasteiger partial charge in [-0.05, 0) is 43.0 Å². The maximum absolute atomic E-state index is 12.7. The van der Waals surface area contributed by atoms with E-state index < -0.39 is 0 Å². The lowest BCUT2D eigenvalue weighted by Gasteiger charge is -2.16. The number of nitrogens with zero attached hydrogens (tertiary/aromatic N) is 2. The fourth-order valence-electron chi connectivity index (χ4n) is 3.24. The van der Waals surface area contributed by atoms with E-state index in [0.29, 0.717) is 0 Å². The maximum Gasteiger partial charge on any atom is 0.240 e. The molecule has 1 atom stereocenters. The predicted octanol–water partition coefficient (Wildman–Crippen LogP) is 3.51. The molecular formula is C20H21N3O3S. The van der Waals surface area contributed by atoms with E-state index in [-0.39, 0.29) is 25.3 Å². The number of carbonyl (C=O) groups excluding carboxylic acids is 1. The SMILES string of the molecule is CSCc1nc2ccccc2n1CC(=O)NC(C)c1ccc2c(c1)OCO2. The lowest BCUT2D eigenvalue weighted by Crippen LogP contribution is -2.30. The molecule has 1 aliphatic rings. The minimum Gasteiger partial charge on any atom is -0.454 e. The van der Waals surface area contributed by atoms with Crippen molar-refractivity contribution in [3.05, 3.63) is 53.9 Å². The normalized spacial score (nSPS) is 13.7. The minimum atomic E-state index is -0.134. The van der Waals surface area contributed by atoms with Gasteiger partial charge in [-0.2, -0.15) is 11.8 Å². The smallest absolute Gasteiger partial charge is 0.240 e. The first-order valence-corrected chi connectivity index (χ1v) is 10.2. The van der Waals surface area contributed by atoms with Crippen LogP contribution in [0, 0.1) is 0 Å². The standard InChI is InChI=1S/C20H21N3O3S/c1-13(14-7-8-17-18(9-14)26-12-25-17)21-20(24)10-23-16-6-4-3-5-15(16)22-19(23)11-27-2/h3-9,13H,10-12H2,1-2H3,(H,21,24). The monoisotopic (exact) mass is 383 g/mol. The van der Waals surface area contributed by atoms with Crippen LogP contribution in [0.3, 0.4) is 0 Å². The zero-order valence-corrected chi connectivity index (χ0v) is 16.1. The van der Waals surface area contributed by atoms with E-state index in [4.69, 9.17) is 9.47 Å². The Morgan fingerprint density at radius 1 is 1.26 bits per heavy atom. The van der Waals surface area contributed by atoms with Crippen LogP contribution in [0.15, 0.2) is 42.5 Å². The predicted molar refractivity (Wildman–Crippen MR) is 106 cm³/mol. The fraction of sp³-hybridized carbons (Fsp3) is 0.300. The number of para-hydroxylation sites is 2. The van der Waals surface area contributed by atoms with E-state index in [0.717, 1.165) is 39.7 Å². The van der Waals surface area contributed by atoms with E-state index >= 15 is 0 Å². The first-order valence-electron chi connectivity index (χ1n) is 8.77. The Hall–Kier alpha value is -2.67. The van der Waals surface area contributed by atoms with Crippen molar-refractivity contribution in [1.29, 1.82) is 0 Å². The van der Waals surface area contributed by atoms with Crippen LogP contribution in [-0.4, -0.2) is 28.5 Å². The van der Waals surface area contributed by atoms with Gasteiger partial charge in [0.25, 0.3) is 0 Å². The Balaban J connectivity index is 1.51. The van der Waals surface area contributed by atoms with E-state index in [1.807, 2.05) is 60.2 Å². The average molecular weight is 383 g/mol. The lowest BCUT2D eigenvalue weighted by molar-refractivity contribution is -0.122. The molecule has 6 nitrogen and oxygen atoms in total. The number of aromatic nitrogens is 2. The van der Waals surface area contributed by atoms with Crippen LogP contribution >= 0.6 is 11.8 Å². The van der Waals surface area contributed by atoms with Crippen LogP contribution < -0.4 is 14.8 Å². The van der Waals surface area contributed by atoms with Crippen LogP contribution in [0.4, 0.5) is 0 Å². The molecular weight excluding hydrogens is 362 g/mol. The summed E-state index contributed by atoms with van der Waals surface area (Å²) in [5.74, 6) is 3.08. The summed E-state index contributed by atoms with van der Waals surface area (Å²) in [6, 6.07) is 13.5. The Morgan fingerprint density at radius 3 is 2.93 bits per heavy atom. The van der Waals surface area contributed by atoms with Gasteiger partial charge in [0.1, 0.15) is 12.4 Å². The number of thioether (sulfide) groups is 1. The van der Waals surface area contributed by atoms with Crippen LogP contribution in [0.25, 0.3) is 11.0 Å². The molecule has 1 amide bonds. The van der Waals surface area contributed by atoms with Gasteiger partial charge in [0, 0.05) is 0 Å². The van der Waals surface area contributed by atoms with Crippen molar-refractivity contribution in [3.63, 3.8) is 0 Å². The molecule has 0 fully saturated rings. The van der Waals surface area contributed by atoms with Crippen LogP contribution in [-0.2, 0) is 17.1 Å². The Labute approximate surface area is 161 Å². The molecule has 0 saturated carbocycles. The summed E-state index contributed by atoms with van der Waals surface area (Å²) >= 11 is 1.69. The van der Waals surface area contributed by atoms with E-state index in [9.17, 15) is 4.79 Å². The summed E-state index contributed by atoms with van der Waals surface area (Å²) < 4.78 is 12.8. The number of rotatable bonds is 6. The second-order valence-electron chi connectivity index (χ2n) is 6.44. The molecule has 1 unspecified atom stereocenters. The van der Waals surface area contributed by atoms with Crippen LogP contribution in [0.5, 0.6) is 11.5 Å². The van der Waals surface area contributed by atoms with Crippen molar-refractivity contribution in [2.24, 2.45) is 0 Å². The van der Waals surface area contributed by atoms with Gasteiger partial charge in [0.15, 0.2) is 11.5 Å². The number of fused-ring (bicyclic) bond motifs is 2. The summed E-state index contributed by atoms with van der Waals surface area (Å²) in [7, 11) is 0. The first-order chi connectivity index (χ1) is 13.2. The number of hydrogen-bond donors (Lipinski definition) is 1. The molecule has 140 valence electrons. The molecule has 2 aromatic carbocycles. The number of nitrogens with one attached hydrogen (secondary N) is 1. The molecule has 0 aliphatic carbocycles. The van der Waals surface area contributed by atoms with Gasteiger partial charge in [-0.15, -0.1) is 0 Å². The zero-order chi connectivity index (χ0) is 18.8. The number of imidazole rings is 1. The van der Waals surface area contributed by atoms with Crippen molar-refractivity contribution in [2.45, 2.75) is 25.3 Å². The molecule has 2 heterocycles. The minimum absolute atomic E-state index is 0.0503. The third-order valence-corrected chi connectivity index (χ3v) is 5.13. The number of benzene rings is 2. The highest BCUT2D eigenvalue weighted by Crippen LogP contribution is 2.34. The third-order valence-electron chi connectivity index (χ3n) is 4.58. The van der Waals surface area contributed by atoms with Gasteiger partial charge < -0.3 is 19.4 Å². The van der Waals surface area contributed by atoms with Gasteiger partial charge >= 0.3 is 0 Å². The highest BCUT2D eigenvalue weighted by molar-refractivity contribution is 7.97. The molecule has 1 N–H and O–H groups in total. The molecule has 0 spiro atoms. The number of hydrogen-bond acceptors (Lipinski definition) is 5. The Kier molecular flexibility index (Phi) is 4.94.